The molecule has 0 N–H and O–H groups in total. The summed E-state index contributed by atoms with van der Waals surface area (Å²) in [5, 5.41) is 10.7. The van der Waals surface area contributed by atoms with Crippen molar-refractivity contribution in [3.63, 3.8) is 0 Å². The highest BCUT2D eigenvalue weighted by Crippen LogP contribution is 2.67. The number of carbonyl (C=O) groups excluding carboxylic acids is 1. The van der Waals surface area contributed by atoms with E-state index >= 15 is 0 Å². The van der Waals surface area contributed by atoms with Crippen LogP contribution in [0.2, 0.25) is 0 Å². The molecule has 6 rings (SSSR count). The molecule has 2 aromatic carbocycles. The zero-order chi connectivity index (χ0) is 33.8. The number of carbonyl (C=O) groups is 1. The molecule has 0 saturated heterocycles. The summed E-state index contributed by atoms with van der Waals surface area (Å²) in [7, 11) is -3.66. The lowest BCUT2D eigenvalue weighted by Crippen LogP contribution is -2.55. The molecule has 7 heteroatoms. The molecule has 0 unspecified atom stereocenters. The minimum absolute atomic E-state index is 0.0145. The number of benzene rings is 2. The number of allylic oxidation sites excluding steroid dienone is 1. The smallest absolute Gasteiger partial charge is 0.327 e. The van der Waals surface area contributed by atoms with Crippen molar-refractivity contribution in [1.29, 1.82) is 5.26 Å². The van der Waals surface area contributed by atoms with E-state index in [9.17, 15) is 18.5 Å². The molecule has 4 fully saturated rings. The van der Waals surface area contributed by atoms with Crippen molar-refractivity contribution in [3.05, 3.63) is 77.9 Å². The van der Waals surface area contributed by atoms with Gasteiger partial charge in [0.25, 0.3) is 0 Å². The van der Waals surface area contributed by atoms with Crippen LogP contribution in [0.15, 0.2) is 66.7 Å². The Morgan fingerprint density at radius 3 is 2.06 bits per heavy atom. The molecular formula is C41H54N2O4S. The van der Waals surface area contributed by atoms with Gasteiger partial charge >= 0.3 is 5.97 Å². The summed E-state index contributed by atoms with van der Waals surface area (Å²) in [4.78, 5) is 14.5. The lowest BCUT2D eigenvalue weighted by Gasteiger charge is -2.46. The van der Waals surface area contributed by atoms with E-state index in [0.717, 1.165) is 75.3 Å². The lowest BCUT2D eigenvalue weighted by atomic mass is 9.69. The third kappa shape index (κ3) is 6.90. The molecule has 2 bridgehead atoms. The maximum atomic E-state index is 14.9. The zero-order valence-corrected chi connectivity index (χ0v) is 29.8. The molecule has 4 aliphatic rings. The normalized spacial score (nSPS) is 27.5. The fourth-order valence-electron chi connectivity index (χ4n) is 9.83. The summed E-state index contributed by atoms with van der Waals surface area (Å²) in [5.74, 6) is -0.249. The second-order valence-electron chi connectivity index (χ2n) is 15.8. The van der Waals surface area contributed by atoms with Crippen molar-refractivity contribution in [3.8, 4) is 6.07 Å². The minimum Gasteiger partial charge on any atom is -0.461 e. The number of fused-ring (bicyclic) bond motifs is 2. The van der Waals surface area contributed by atoms with Gasteiger partial charge in [-0.05, 0) is 73.8 Å². The van der Waals surface area contributed by atoms with Crippen LogP contribution in [-0.2, 0) is 26.0 Å². The van der Waals surface area contributed by atoms with E-state index in [1.54, 1.807) is 0 Å². The Morgan fingerprint density at radius 2 is 1.50 bits per heavy atom. The predicted octanol–water partition coefficient (Wildman–Crippen LogP) is 8.88. The standard InChI is InChI=1S/C41H54N2O4S/c1-39(2)34-25-27-41(39,31-48(45,46)43(35-21-11-5-12-22-35)36-23-13-6-14-24-36)37(28-34)47-38(44)40(30-42,29-33-18-9-4-10-19-33)26-15-20-32-16-7-3-8-17-32/h3-4,7-10,15-20,34-37H,5-6,11-14,21-29,31H2,1-2H3/b20-15+/t34-,37-,40-,41-/m1/s1. The van der Waals surface area contributed by atoms with Crippen molar-refractivity contribution >= 4 is 22.1 Å². The van der Waals surface area contributed by atoms with Crippen molar-refractivity contribution in [2.24, 2.45) is 22.2 Å². The molecule has 48 heavy (non-hydrogen) atoms. The summed E-state index contributed by atoms with van der Waals surface area (Å²) in [6, 6.07) is 22.1. The summed E-state index contributed by atoms with van der Waals surface area (Å²) >= 11 is 0. The Morgan fingerprint density at radius 1 is 0.917 bits per heavy atom. The van der Waals surface area contributed by atoms with E-state index in [1.807, 2.05) is 77.1 Å². The average molecular weight is 671 g/mol. The fourth-order valence-corrected chi connectivity index (χ4v) is 12.7. The Labute approximate surface area is 289 Å². The van der Waals surface area contributed by atoms with E-state index in [1.165, 1.54) is 12.8 Å². The van der Waals surface area contributed by atoms with E-state index in [4.69, 9.17) is 4.74 Å². The lowest BCUT2D eigenvalue weighted by molar-refractivity contribution is -0.165. The molecule has 4 aliphatic carbocycles. The largest absolute Gasteiger partial charge is 0.461 e. The maximum Gasteiger partial charge on any atom is 0.327 e. The first kappa shape index (κ1) is 34.9. The van der Waals surface area contributed by atoms with Gasteiger partial charge in [-0.2, -0.15) is 9.57 Å². The molecule has 2 aromatic rings. The van der Waals surface area contributed by atoms with Crippen LogP contribution in [0.25, 0.3) is 6.08 Å². The Kier molecular flexibility index (Phi) is 10.5. The molecule has 4 saturated carbocycles. The van der Waals surface area contributed by atoms with Crippen LogP contribution in [0.1, 0.15) is 115 Å². The minimum atomic E-state index is -3.66. The number of hydrogen-bond acceptors (Lipinski definition) is 5. The van der Waals surface area contributed by atoms with Gasteiger partial charge in [0.05, 0.1) is 11.8 Å². The second kappa shape index (κ2) is 14.5. The number of sulfonamides is 1. The SMILES string of the molecule is CC1(C)[C@@H]2CC[C@@]1(CS(=O)(=O)N(C1CCCCC1)C1CCCCC1)[C@H](OC(=O)[C@](C#N)(C/C=C/c1ccccc1)Cc1ccccc1)C2. The third-order valence-corrected chi connectivity index (χ3v) is 14.9. The van der Waals surface area contributed by atoms with Crippen LogP contribution in [0, 0.1) is 33.5 Å². The fraction of sp³-hybridized carbons (Fsp3) is 0.610. The van der Waals surface area contributed by atoms with Crippen molar-refractivity contribution in [1.82, 2.24) is 4.31 Å². The summed E-state index contributed by atoms with van der Waals surface area (Å²) in [6.45, 7) is 4.40. The van der Waals surface area contributed by atoms with Crippen molar-refractivity contribution < 1.29 is 17.9 Å². The monoisotopic (exact) mass is 670 g/mol. The van der Waals surface area contributed by atoms with E-state index in [2.05, 4.69) is 19.9 Å². The van der Waals surface area contributed by atoms with Gasteiger partial charge in [-0.25, -0.2) is 8.42 Å². The Hall–Kier alpha value is -2.95. The maximum absolute atomic E-state index is 14.9. The number of hydrogen-bond donors (Lipinski definition) is 0. The molecule has 4 atom stereocenters. The van der Waals surface area contributed by atoms with Gasteiger partial charge in [-0.1, -0.05) is 125 Å². The zero-order valence-electron chi connectivity index (χ0n) is 29.0. The number of nitriles is 1. The highest BCUT2D eigenvalue weighted by Gasteiger charge is 2.67. The van der Waals surface area contributed by atoms with Crippen LogP contribution in [0.4, 0.5) is 0 Å². The third-order valence-electron chi connectivity index (χ3n) is 12.8. The Bertz CT molecular complexity index is 1550. The first-order valence-corrected chi connectivity index (χ1v) is 20.1. The number of ether oxygens (including phenoxy) is 1. The molecule has 258 valence electrons. The van der Waals surface area contributed by atoms with Crippen LogP contribution in [0.5, 0.6) is 0 Å². The quantitative estimate of drug-likeness (QED) is 0.211. The highest BCUT2D eigenvalue weighted by molar-refractivity contribution is 7.89. The molecule has 0 spiro atoms. The molecule has 0 radical (unpaired) electrons. The average Bonchev–Trinajstić information content (AvgIpc) is 3.44. The number of esters is 1. The number of rotatable bonds is 12. The van der Waals surface area contributed by atoms with E-state index < -0.39 is 32.9 Å². The highest BCUT2D eigenvalue weighted by atomic mass is 32.2. The molecular weight excluding hydrogens is 617 g/mol. The summed E-state index contributed by atoms with van der Waals surface area (Å²) < 4.78 is 38.3. The van der Waals surface area contributed by atoms with E-state index in [0.29, 0.717) is 6.42 Å². The second-order valence-corrected chi connectivity index (χ2v) is 17.7. The van der Waals surface area contributed by atoms with Gasteiger partial charge in [-0.3, -0.25) is 4.79 Å². The van der Waals surface area contributed by atoms with Crippen molar-refractivity contribution in [2.45, 2.75) is 128 Å². The molecule has 0 amide bonds. The summed E-state index contributed by atoms with van der Waals surface area (Å²) in [6.07, 6.45) is 16.5. The number of nitrogens with zero attached hydrogens (tertiary/aromatic N) is 2. The van der Waals surface area contributed by atoms with Gasteiger partial charge in [0, 0.05) is 23.9 Å². The van der Waals surface area contributed by atoms with Crippen LogP contribution >= 0.6 is 0 Å². The van der Waals surface area contributed by atoms with Crippen LogP contribution in [-0.4, -0.2) is 42.6 Å². The Balaban J connectivity index is 1.30. The topological polar surface area (TPSA) is 87.5 Å². The molecule has 0 aliphatic heterocycles. The first-order valence-electron chi connectivity index (χ1n) is 18.5. The van der Waals surface area contributed by atoms with Gasteiger partial charge in [0.15, 0.2) is 5.41 Å². The summed E-state index contributed by atoms with van der Waals surface area (Å²) in [5.41, 5.74) is -0.545. The van der Waals surface area contributed by atoms with Crippen LogP contribution < -0.4 is 0 Å². The van der Waals surface area contributed by atoms with Crippen molar-refractivity contribution in [2.75, 3.05) is 5.75 Å². The molecule has 6 nitrogen and oxygen atoms in total. The first-order chi connectivity index (χ1) is 23.1. The molecule has 0 heterocycles. The van der Waals surface area contributed by atoms with Gasteiger partial charge in [-0.15, -0.1) is 0 Å². The van der Waals surface area contributed by atoms with Crippen LogP contribution in [0.3, 0.4) is 0 Å². The van der Waals surface area contributed by atoms with Gasteiger partial charge < -0.3 is 4.74 Å². The van der Waals surface area contributed by atoms with Gasteiger partial charge in [0.1, 0.15) is 6.10 Å². The molecule has 0 aromatic heterocycles. The van der Waals surface area contributed by atoms with E-state index in [-0.39, 0.29) is 42.0 Å². The van der Waals surface area contributed by atoms with Gasteiger partial charge in [0.2, 0.25) is 10.0 Å². The predicted molar refractivity (Wildman–Crippen MR) is 191 cm³/mol.